The van der Waals surface area contributed by atoms with Gasteiger partial charge in [-0.2, -0.15) is 0 Å². The summed E-state index contributed by atoms with van der Waals surface area (Å²) in [5, 5.41) is 10.3. The third kappa shape index (κ3) is 3.21. The molecule has 0 radical (unpaired) electrons. The van der Waals surface area contributed by atoms with Gasteiger partial charge in [0.1, 0.15) is 0 Å². The van der Waals surface area contributed by atoms with E-state index in [9.17, 15) is 0 Å². The summed E-state index contributed by atoms with van der Waals surface area (Å²) in [6, 6.07) is 40.8. The van der Waals surface area contributed by atoms with E-state index in [0.717, 1.165) is 33.2 Å². The Morgan fingerprint density at radius 1 is 0.526 bits per heavy atom. The van der Waals surface area contributed by atoms with Crippen molar-refractivity contribution in [2.24, 2.45) is 0 Å². The Kier molecular flexibility index (Phi) is 4.69. The molecule has 5 aromatic carbocycles. The van der Waals surface area contributed by atoms with E-state index in [2.05, 4.69) is 131 Å². The van der Waals surface area contributed by atoms with Crippen LogP contribution in [0, 0.1) is 0 Å². The first-order valence-electron chi connectivity index (χ1n) is 12.7. The largest absolute Gasteiger partial charge is 0.278 e. The first-order chi connectivity index (χ1) is 18.8. The van der Waals surface area contributed by atoms with Gasteiger partial charge in [-0.1, -0.05) is 97.1 Å². The molecular formula is C34H21N3S. The molecule has 178 valence electrons. The Balaban J connectivity index is 1.38. The number of para-hydroxylation sites is 2. The highest BCUT2D eigenvalue weighted by atomic mass is 32.1. The minimum Gasteiger partial charge on any atom is -0.278 e. The fourth-order valence-electron chi connectivity index (χ4n) is 5.62. The zero-order chi connectivity index (χ0) is 25.1. The van der Waals surface area contributed by atoms with Gasteiger partial charge in [0.2, 0.25) is 5.95 Å². The maximum absolute atomic E-state index is 5.24. The molecule has 0 saturated heterocycles. The van der Waals surface area contributed by atoms with Crippen molar-refractivity contribution in [3.63, 3.8) is 0 Å². The topological polar surface area (TPSA) is 30.7 Å². The minimum absolute atomic E-state index is 0.693. The average molecular weight is 504 g/mol. The first-order valence-corrected chi connectivity index (χ1v) is 13.6. The molecule has 0 atom stereocenters. The molecule has 3 aromatic heterocycles. The standard InChI is InChI=1S/C34H21N3S/c1-2-13-25-22(9-1)10-8-16-26(25)23-11-7-12-24(19-23)33-29-20-38-21-30(29)35-34(36-33)37-31-17-5-3-14-27(31)28-15-4-6-18-32(28)37/h1-21H. The minimum atomic E-state index is 0.693. The van der Waals surface area contributed by atoms with E-state index in [1.54, 1.807) is 11.3 Å². The summed E-state index contributed by atoms with van der Waals surface area (Å²) in [7, 11) is 0. The zero-order valence-electron chi connectivity index (χ0n) is 20.4. The van der Waals surface area contributed by atoms with Crippen molar-refractivity contribution in [1.29, 1.82) is 0 Å². The summed E-state index contributed by atoms with van der Waals surface area (Å²) in [6.07, 6.45) is 0. The number of rotatable bonds is 3. The second-order valence-electron chi connectivity index (χ2n) is 9.52. The molecule has 0 bridgehead atoms. The van der Waals surface area contributed by atoms with E-state index in [4.69, 9.17) is 9.97 Å². The molecule has 0 saturated carbocycles. The van der Waals surface area contributed by atoms with Gasteiger partial charge in [-0.3, -0.25) is 4.57 Å². The van der Waals surface area contributed by atoms with Gasteiger partial charge in [0, 0.05) is 32.5 Å². The molecule has 38 heavy (non-hydrogen) atoms. The number of nitrogens with zero attached hydrogens (tertiary/aromatic N) is 3. The third-order valence-corrected chi connectivity index (χ3v) is 8.08. The zero-order valence-corrected chi connectivity index (χ0v) is 21.2. The number of aromatic nitrogens is 3. The summed E-state index contributed by atoms with van der Waals surface area (Å²) in [5.74, 6) is 0.693. The molecule has 4 heteroatoms. The lowest BCUT2D eigenvalue weighted by molar-refractivity contribution is 1.02. The van der Waals surface area contributed by atoms with Crippen LogP contribution in [0.3, 0.4) is 0 Å². The van der Waals surface area contributed by atoms with Gasteiger partial charge in [-0.25, -0.2) is 9.97 Å². The summed E-state index contributed by atoms with van der Waals surface area (Å²) in [5.41, 5.74) is 7.63. The summed E-state index contributed by atoms with van der Waals surface area (Å²) >= 11 is 1.67. The van der Waals surface area contributed by atoms with Crippen LogP contribution >= 0.6 is 11.3 Å². The van der Waals surface area contributed by atoms with Gasteiger partial charge in [-0.05, 0) is 40.1 Å². The van der Waals surface area contributed by atoms with Crippen molar-refractivity contribution in [2.45, 2.75) is 0 Å². The molecule has 0 aliphatic heterocycles. The van der Waals surface area contributed by atoms with Gasteiger partial charge in [0.05, 0.1) is 22.2 Å². The normalized spacial score (nSPS) is 11.7. The van der Waals surface area contributed by atoms with E-state index < -0.39 is 0 Å². The lowest BCUT2D eigenvalue weighted by Crippen LogP contribution is -2.02. The maximum Gasteiger partial charge on any atom is 0.235 e. The van der Waals surface area contributed by atoms with Crippen molar-refractivity contribution >= 4 is 54.8 Å². The Morgan fingerprint density at radius 2 is 1.18 bits per heavy atom. The fraction of sp³-hybridized carbons (Fsp3) is 0. The lowest BCUT2D eigenvalue weighted by atomic mass is 9.96. The van der Waals surface area contributed by atoms with Gasteiger partial charge < -0.3 is 0 Å². The second-order valence-corrected chi connectivity index (χ2v) is 10.3. The van der Waals surface area contributed by atoms with Gasteiger partial charge >= 0.3 is 0 Å². The number of fused-ring (bicyclic) bond motifs is 5. The van der Waals surface area contributed by atoms with Crippen molar-refractivity contribution in [3.05, 3.63) is 126 Å². The number of hydrogen-bond donors (Lipinski definition) is 0. The van der Waals surface area contributed by atoms with Crippen molar-refractivity contribution in [2.75, 3.05) is 0 Å². The summed E-state index contributed by atoms with van der Waals surface area (Å²) < 4.78 is 2.19. The van der Waals surface area contributed by atoms with Crippen LogP contribution in [0.2, 0.25) is 0 Å². The SMILES string of the molecule is c1cc(-c2cccc3ccccc23)cc(-c2nc(-n3c4ccccc4c4ccccc43)nc3cscc23)c1. The van der Waals surface area contributed by atoms with Crippen LogP contribution in [0.15, 0.2) is 126 Å². The van der Waals surface area contributed by atoms with Crippen molar-refractivity contribution < 1.29 is 0 Å². The molecule has 3 nitrogen and oxygen atoms in total. The van der Waals surface area contributed by atoms with Crippen LogP contribution in [0.5, 0.6) is 0 Å². The lowest BCUT2D eigenvalue weighted by Gasteiger charge is -2.12. The highest BCUT2D eigenvalue weighted by molar-refractivity contribution is 7.09. The summed E-state index contributed by atoms with van der Waals surface area (Å²) in [4.78, 5) is 10.3. The van der Waals surface area contributed by atoms with Crippen LogP contribution < -0.4 is 0 Å². The molecule has 0 fully saturated rings. The molecule has 0 aliphatic carbocycles. The Labute approximate surface area is 223 Å². The van der Waals surface area contributed by atoms with Crippen molar-refractivity contribution in [3.8, 4) is 28.3 Å². The first kappa shape index (κ1) is 21.3. The highest BCUT2D eigenvalue weighted by Crippen LogP contribution is 2.36. The predicted molar refractivity (Wildman–Crippen MR) is 160 cm³/mol. The highest BCUT2D eigenvalue weighted by Gasteiger charge is 2.17. The van der Waals surface area contributed by atoms with Crippen LogP contribution in [0.4, 0.5) is 0 Å². The molecule has 8 aromatic rings. The summed E-state index contributed by atoms with van der Waals surface area (Å²) in [6.45, 7) is 0. The van der Waals surface area contributed by atoms with E-state index in [0.29, 0.717) is 5.95 Å². The predicted octanol–water partition coefficient (Wildman–Crippen LogP) is 9.28. The quantitative estimate of drug-likeness (QED) is 0.240. The number of hydrogen-bond acceptors (Lipinski definition) is 3. The van der Waals surface area contributed by atoms with Gasteiger partial charge in [-0.15, -0.1) is 11.3 Å². The fourth-order valence-corrected chi connectivity index (χ4v) is 6.36. The average Bonchev–Trinajstić information content (AvgIpc) is 3.59. The van der Waals surface area contributed by atoms with Crippen LogP contribution in [-0.4, -0.2) is 14.5 Å². The van der Waals surface area contributed by atoms with E-state index >= 15 is 0 Å². The van der Waals surface area contributed by atoms with Crippen LogP contribution in [0.1, 0.15) is 0 Å². The number of thiophene rings is 1. The van der Waals surface area contributed by atoms with E-state index in [1.807, 2.05) is 0 Å². The Morgan fingerprint density at radius 3 is 2.00 bits per heavy atom. The maximum atomic E-state index is 5.24. The second kappa shape index (κ2) is 8.37. The third-order valence-electron chi connectivity index (χ3n) is 7.35. The van der Waals surface area contributed by atoms with Crippen LogP contribution in [-0.2, 0) is 0 Å². The number of benzene rings is 5. The van der Waals surface area contributed by atoms with Crippen molar-refractivity contribution in [1.82, 2.24) is 14.5 Å². The molecule has 0 unspecified atom stereocenters. The monoisotopic (exact) mass is 503 g/mol. The molecule has 0 aliphatic rings. The molecule has 8 rings (SSSR count). The van der Waals surface area contributed by atoms with Gasteiger partial charge in [0.25, 0.3) is 0 Å². The Hall–Kier alpha value is -4.80. The van der Waals surface area contributed by atoms with E-state index in [-0.39, 0.29) is 0 Å². The van der Waals surface area contributed by atoms with Gasteiger partial charge in [0.15, 0.2) is 0 Å². The molecule has 0 N–H and O–H groups in total. The van der Waals surface area contributed by atoms with Crippen LogP contribution in [0.25, 0.3) is 71.8 Å². The molecule has 3 heterocycles. The molecule has 0 spiro atoms. The van der Waals surface area contributed by atoms with E-state index in [1.165, 1.54) is 32.7 Å². The molecular weight excluding hydrogens is 482 g/mol. The smallest absolute Gasteiger partial charge is 0.235 e. The molecule has 0 amide bonds. The Bertz CT molecular complexity index is 2090.